The van der Waals surface area contributed by atoms with Gasteiger partial charge in [0.25, 0.3) is 0 Å². The van der Waals surface area contributed by atoms with Gasteiger partial charge in [0.2, 0.25) is 0 Å². The number of halogens is 1. The quantitative estimate of drug-likeness (QED) is 0.912. The summed E-state index contributed by atoms with van der Waals surface area (Å²) in [6.07, 6.45) is 0. The van der Waals surface area contributed by atoms with Gasteiger partial charge in [-0.05, 0) is 43.3 Å². The molecule has 100 valence electrons. The fourth-order valence-electron chi connectivity index (χ4n) is 1.55. The molecule has 0 fully saturated rings. The van der Waals surface area contributed by atoms with Crippen LogP contribution in [0.4, 0.5) is 5.82 Å². The van der Waals surface area contributed by atoms with E-state index >= 15 is 0 Å². The molecule has 0 unspecified atom stereocenters. The Labute approximate surface area is 117 Å². The number of nitrogens with zero attached hydrogens (tertiary/aromatic N) is 1. The Morgan fingerprint density at radius 1 is 1.05 bits per heavy atom. The number of nitrogens with two attached hydrogens (primary N) is 1. The van der Waals surface area contributed by atoms with Crippen LogP contribution in [0.25, 0.3) is 0 Å². The van der Waals surface area contributed by atoms with Crippen LogP contribution in [0.2, 0.25) is 5.02 Å². The summed E-state index contributed by atoms with van der Waals surface area (Å²) in [4.78, 5) is 4.13. The van der Waals surface area contributed by atoms with Gasteiger partial charge < -0.3 is 15.2 Å². The molecular formula is C14H15ClN2O2. The van der Waals surface area contributed by atoms with E-state index in [1.54, 1.807) is 12.1 Å². The monoisotopic (exact) mass is 278 g/mol. The zero-order chi connectivity index (χ0) is 13.7. The fourth-order valence-corrected chi connectivity index (χ4v) is 1.71. The second-order valence-corrected chi connectivity index (χ2v) is 4.26. The molecule has 0 radical (unpaired) electrons. The van der Waals surface area contributed by atoms with Gasteiger partial charge in [0.15, 0.2) is 0 Å². The van der Waals surface area contributed by atoms with E-state index in [2.05, 4.69) is 4.98 Å². The number of hydrogen-bond acceptors (Lipinski definition) is 4. The molecule has 2 aromatic rings. The second-order valence-electron chi connectivity index (χ2n) is 3.86. The Balaban J connectivity index is 2.00. The van der Waals surface area contributed by atoms with E-state index in [-0.39, 0.29) is 6.61 Å². The van der Waals surface area contributed by atoms with Crippen LogP contribution in [0.5, 0.6) is 11.5 Å². The number of pyridine rings is 1. The van der Waals surface area contributed by atoms with Crippen molar-refractivity contribution < 1.29 is 9.47 Å². The van der Waals surface area contributed by atoms with Crippen LogP contribution >= 0.6 is 11.6 Å². The van der Waals surface area contributed by atoms with Crippen molar-refractivity contribution in [2.24, 2.45) is 0 Å². The average Bonchev–Trinajstić information content (AvgIpc) is 2.42. The molecule has 2 N–H and O–H groups in total. The van der Waals surface area contributed by atoms with Crippen molar-refractivity contribution >= 4 is 17.4 Å². The lowest BCUT2D eigenvalue weighted by Crippen LogP contribution is -2.01. The minimum absolute atomic E-state index is 0.276. The number of aromatic nitrogens is 1. The molecule has 1 aromatic heterocycles. The Hall–Kier alpha value is -1.94. The molecule has 1 heterocycles. The van der Waals surface area contributed by atoms with Gasteiger partial charge in [0.05, 0.1) is 17.3 Å². The molecular weight excluding hydrogens is 264 g/mol. The van der Waals surface area contributed by atoms with Gasteiger partial charge in [-0.2, -0.15) is 0 Å². The predicted octanol–water partition coefficient (Wildman–Crippen LogP) is 3.29. The fraction of sp³-hybridized carbons (Fsp3) is 0.214. The average molecular weight is 279 g/mol. The first-order chi connectivity index (χ1) is 9.19. The van der Waals surface area contributed by atoms with E-state index in [9.17, 15) is 0 Å². The van der Waals surface area contributed by atoms with Crippen LogP contribution in [0.3, 0.4) is 0 Å². The second kappa shape index (κ2) is 6.29. The molecule has 1 aromatic carbocycles. The van der Waals surface area contributed by atoms with E-state index < -0.39 is 0 Å². The van der Waals surface area contributed by atoms with E-state index in [4.69, 9.17) is 26.8 Å². The SMILES string of the molecule is CCOc1ccc(OCc2nc(N)ccc2Cl)cc1. The first-order valence-electron chi connectivity index (χ1n) is 5.95. The highest BCUT2D eigenvalue weighted by atomic mass is 35.5. The van der Waals surface area contributed by atoms with Gasteiger partial charge >= 0.3 is 0 Å². The van der Waals surface area contributed by atoms with Crippen molar-refractivity contribution in [2.75, 3.05) is 12.3 Å². The van der Waals surface area contributed by atoms with Crippen molar-refractivity contribution in [3.63, 3.8) is 0 Å². The topological polar surface area (TPSA) is 57.4 Å². The summed E-state index contributed by atoms with van der Waals surface area (Å²) in [5, 5.41) is 0.542. The molecule has 0 aliphatic rings. The van der Waals surface area contributed by atoms with E-state index in [0.29, 0.717) is 23.1 Å². The van der Waals surface area contributed by atoms with E-state index in [1.807, 2.05) is 31.2 Å². The molecule has 0 saturated heterocycles. The van der Waals surface area contributed by atoms with Crippen LogP contribution in [-0.2, 0) is 6.61 Å². The van der Waals surface area contributed by atoms with Gasteiger partial charge in [-0.1, -0.05) is 11.6 Å². The zero-order valence-electron chi connectivity index (χ0n) is 10.6. The van der Waals surface area contributed by atoms with Crippen LogP contribution in [0, 0.1) is 0 Å². The van der Waals surface area contributed by atoms with E-state index in [0.717, 1.165) is 11.5 Å². The van der Waals surface area contributed by atoms with Crippen molar-refractivity contribution in [1.82, 2.24) is 4.98 Å². The molecule has 4 nitrogen and oxygen atoms in total. The van der Waals surface area contributed by atoms with Gasteiger partial charge in [-0.3, -0.25) is 0 Å². The molecule has 0 aliphatic carbocycles. The smallest absolute Gasteiger partial charge is 0.132 e. The van der Waals surface area contributed by atoms with Gasteiger partial charge in [-0.25, -0.2) is 4.98 Å². The summed E-state index contributed by atoms with van der Waals surface area (Å²) in [7, 11) is 0. The minimum Gasteiger partial charge on any atom is -0.494 e. The molecule has 0 atom stereocenters. The van der Waals surface area contributed by atoms with Crippen molar-refractivity contribution in [3.8, 4) is 11.5 Å². The molecule has 0 amide bonds. The molecule has 2 rings (SSSR count). The summed E-state index contributed by atoms with van der Waals surface area (Å²) in [6, 6.07) is 10.8. The summed E-state index contributed by atoms with van der Waals surface area (Å²) in [6.45, 7) is 2.86. The Kier molecular flexibility index (Phi) is 4.47. The molecule has 0 bridgehead atoms. The van der Waals surface area contributed by atoms with Gasteiger partial charge in [0, 0.05) is 0 Å². The first kappa shape index (κ1) is 13.5. The highest BCUT2D eigenvalue weighted by molar-refractivity contribution is 6.31. The summed E-state index contributed by atoms with van der Waals surface area (Å²) < 4.78 is 11.0. The van der Waals surface area contributed by atoms with E-state index in [1.165, 1.54) is 0 Å². The largest absolute Gasteiger partial charge is 0.494 e. The van der Waals surface area contributed by atoms with Crippen molar-refractivity contribution in [2.45, 2.75) is 13.5 Å². The first-order valence-corrected chi connectivity index (χ1v) is 6.33. The molecule has 19 heavy (non-hydrogen) atoms. The molecule has 0 aliphatic heterocycles. The summed E-state index contributed by atoms with van der Waals surface area (Å²) in [5.41, 5.74) is 6.23. The lowest BCUT2D eigenvalue weighted by molar-refractivity contribution is 0.299. The highest BCUT2D eigenvalue weighted by Crippen LogP contribution is 2.20. The van der Waals surface area contributed by atoms with Gasteiger partial charge in [0.1, 0.15) is 23.9 Å². The van der Waals surface area contributed by atoms with Crippen molar-refractivity contribution in [1.29, 1.82) is 0 Å². The number of hydrogen-bond donors (Lipinski definition) is 1. The molecule has 0 saturated carbocycles. The Morgan fingerprint density at radius 2 is 1.68 bits per heavy atom. The third-order valence-electron chi connectivity index (χ3n) is 2.45. The maximum Gasteiger partial charge on any atom is 0.132 e. The number of rotatable bonds is 5. The van der Waals surface area contributed by atoms with Crippen LogP contribution in [0.1, 0.15) is 12.6 Å². The zero-order valence-corrected chi connectivity index (χ0v) is 11.4. The van der Waals surface area contributed by atoms with Crippen LogP contribution < -0.4 is 15.2 Å². The standard InChI is InChI=1S/C14H15ClN2O2/c1-2-18-10-3-5-11(6-4-10)19-9-13-12(15)7-8-14(16)17-13/h3-8H,2,9H2,1H3,(H2,16,17). The maximum absolute atomic E-state index is 6.01. The number of benzene rings is 1. The lowest BCUT2D eigenvalue weighted by atomic mass is 10.3. The highest BCUT2D eigenvalue weighted by Gasteiger charge is 2.04. The molecule has 0 spiro atoms. The third-order valence-corrected chi connectivity index (χ3v) is 2.79. The van der Waals surface area contributed by atoms with Crippen LogP contribution in [-0.4, -0.2) is 11.6 Å². The lowest BCUT2D eigenvalue weighted by Gasteiger charge is -2.08. The third kappa shape index (κ3) is 3.76. The predicted molar refractivity (Wildman–Crippen MR) is 75.6 cm³/mol. The summed E-state index contributed by atoms with van der Waals surface area (Å²) >= 11 is 6.01. The summed E-state index contributed by atoms with van der Waals surface area (Å²) in [5.74, 6) is 1.97. The molecule has 5 heteroatoms. The number of nitrogen functional groups attached to an aromatic ring is 1. The van der Waals surface area contributed by atoms with Crippen LogP contribution in [0.15, 0.2) is 36.4 Å². The maximum atomic E-state index is 6.01. The van der Waals surface area contributed by atoms with Crippen molar-refractivity contribution in [3.05, 3.63) is 47.1 Å². The minimum atomic E-state index is 0.276. The normalized spacial score (nSPS) is 10.2. The number of anilines is 1. The Bertz CT molecular complexity index is 544. The van der Waals surface area contributed by atoms with Gasteiger partial charge in [-0.15, -0.1) is 0 Å². The Morgan fingerprint density at radius 3 is 2.32 bits per heavy atom. The number of ether oxygens (including phenoxy) is 2.